The predicted molar refractivity (Wildman–Crippen MR) is 122 cm³/mol. The van der Waals surface area contributed by atoms with Gasteiger partial charge in [-0.25, -0.2) is 0 Å². The Morgan fingerprint density at radius 3 is 2.50 bits per heavy atom. The third kappa shape index (κ3) is 2.70. The van der Waals surface area contributed by atoms with Crippen molar-refractivity contribution in [2.45, 2.75) is 121 Å². The van der Waals surface area contributed by atoms with E-state index in [1.54, 1.807) is 13.8 Å². The van der Waals surface area contributed by atoms with Crippen LogP contribution >= 0.6 is 0 Å². The van der Waals surface area contributed by atoms with Crippen LogP contribution in [0.1, 0.15) is 86.0 Å². The molecule has 4 saturated carbocycles. The van der Waals surface area contributed by atoms with Crippen molar-refractivity contribution in [1.82, 2.24) is 0 Å². The van der Waals surface area contributed by atoms with Crippen LogP contribution in [-0.4, -0.2) is 58.8 Å². The summed E-state index contributed by atoms with van der Waals surface area (Å²) < 4.78 is 23.6. The molecule has 0 amide bonds. The molecule has 1 spiro atoms. The lowest BCUT2D eigenvalue weighted by Crippen LogP contribution is -2.62. The number of ether oxygens (including phenoxy) is 4. The van der Waals surface area contributed by atoms with Gasteiger partial charge in [0.15, 0.2) is 0 Å². The molecule has 2 heterocycles. The third-order valence-electron chi connectivity index (χ3n) is 11.4. The minimum atomic E-state index is -1.25. The van der Waals surface area contributed by atoms with Gasteiger partial charge >= 0.3 is 11.9 Å². The summed E-state index contributed by atoms with van der Waals surface area (Å²) in [4.78, 5) is 23.9. The Labute approximate surface area is 202 Å². The summed E-state index contributed by atoms with van der Waals surface area (Å²) in [5, 5.41) is 11.6. The molecule has 4 aliphatic carbocycles. The number of carbonyl (C=O) groups excluding carboxylic acids is 2. The van der Waals surface area contributed by atoms with Gasteiger partial charge in [0.2, 0.25) is 0 Å². The summed E-state index contributed by atoms with van der Waals surface area (Å²) in [7, 11) is 0. The molecule has 1 N–H and O–H groups in total. The standard InChI is InChI=1S/C27H40O7/c1-6-31-22(29)14-25(5,30)27-21(34-27)12-19-17-11-20-26(33-20)13-16(32-15(2)28)7-9-23(26,3)18(17)8-10-24(19,27)4/h16-21,30H,6-14H2,1-5H3/t16?,17-,18+,19+,20+,21-,23-,24+,25?,26+,27-/m1/s1. The van der Waals surface area contributed by atoms with Gasteiger partial charge in [0, 0.05) is 24.2 Å². The van der Waals surface area contributed by atoms with E-state index in [-0.39, 0.29) is 53.1 Å². The smallest absolute Gasteiger partial charge is 0.308 e. The molecule has 6 fully saturated rings. The second-order valence-electron chi connectivity index (χ2n) is 12.8. The molecule has 6 aliphatic rings. The fourth-order valence-electron chi connectivity index (χ4n) is 10.0. The van der Waals surface area contributed by atoms with Gasteiger partial charge in [-0.2, -0.15) is 0 Å². The maximum absolute atomic E-state index is 12.3. The van der Waals surface area contributed by atoms with Crippen LogP contribution in [0.3, 0.4) is 0 Å². The van der Waals surface area contributed by atoms with Crippen molar-refractivity contribution in [1.29, 1.82) is 0 Å². The minimum Gasteiger partial charge on any atom is -0.466 e. The second-order valence-corrected chi connectivity index (χ2v) is 12.8. The second kappa shape index (κ2) is 6.98. The zero-order chi connectivity index (χ0) is 24.3. The van der Waals surface area contributed by atoms with Gasteiger partial charge in [0.1, 0.15) is 22.9 Å². The Morgan fingerprint density at radius 2 is 1.79 bits per heavy atom. The maximum Gasteiger partial charge on any atom is 0.308 e. The third-order valence-corrected chi connectivity index (χ3v) is 11.4. The molecule has 2 aliphatic heterocycles. The lowest BCUT2D eigenvalue weighted by atomic mass is 9.43. The number of epoxide rings is 2. The molecule has 11 atom stereocenters. The van der Waals surface area contributed by atoms with Gasteiger partial charge in [-0.3, -0.25) is 9.59 Å². The molecule has 7 nitrogen and oxygen atoms in total. The molecule has 2 unspecified atom stereocenters. The summed E-state index contributed by atoms with van der Waals surface area (Å²) in [6.45, 7) is 10.1. The number of hydrogen-bond donors (Lipinski definition) is 1. The highest BCUT2D eigenvalue weighted by Crippen LogP contribution is 2.78. The summed E-state index contributed by atoms with van der Waals surface area (Å²) in [6, 6.07) is 0. The van der Waals surface area contributed by atoms with E-state index in [9.17, 15) is 14.7 Å². The Hall–Kier alpha value is -1.18. The van der Waals surface area contributed by atoms with E-state index in [1.165, 1.54) is 6.92 Å². The number of carbonyl (C=O) groups is 2. The Kier molecular flexibility index (Phi) is 4.77. The van der Waals surface area contributed by atoms with E-state index >= 15 is 0 Å². The lowest BCUT2D eigenvalue weighted by molar-refractivity contribution is -0.176. The Morgan fingerprint density at radius 1 is 1.06 bits per heavy atom. The normalized spacial score (nSPS) is 53.7. The fraction of sp³-hybridized carbons (Fsp3) is 0.926. The number of esters is 2. The fourth-order valence-corrected chi connectivity index (χ4v) is 10.0. The average Bonchev–Trinajstić information content (AvgIpc) is 3.61. The van der Waals surface area contributed by atoms with Crippen molar-refractivity contribution in [2.75, 3.05) is 6.61 Å². The molecule has 0 radical (unpaired) electrons. The van der Waals surface area contributed by atoms with Crippen molar-refractivity contribution in [3.05, 3.63) is 0 Å². The van der Waals surface area contributed by atoms with Gasteiger partial charge in [-0.1, -0.05) is 13.8 Å². The molecular formula is C27H40O7. The lowest BCUT2D eigenvalue weighted by Gasteiger charge is -2.60. The molecule has 2 saturated heterocycles. The summed E-state index contributed by atoms with van der Waals surface area (Å²) >= 11 is 0. The SMILES string of the molecule is CCOC(=O)CC(C)(O)[C@@]12O[C@@H]1C[C@H]1[C@@H]3C[C@@H]4O[C@@]45CC(OC(C)=O)CC[C@]5(C)[C@H]3CC[C@@]12C. The number of hydrogen-bond acceptors (Lipinski definition) is 7. The largest absolute Gasteiger partial charge is 0.466 e. The van der Waals surface area contributed by atoms with Crippen LogP contribution in [0.4, 0.5) is 0 Å². The molecule has 7 heteroatoms. The van der Waals surface area contributed by atoms with E-state index in [2.05, 4.69) is 13.8 Å². The van der Waals surface area contributed by atoms with Crippen molar-refractivity contribution in [3.63, 3.8) is 0 Å². The molecule has 34 heavy (non-hydrogen) atoms. The van der Waals surface area contributed by atoms with Crippen molar-refractivity contribution in [3.8, 4) is 0 Å². The van der Waals surface area contributed by atoms with E-state index in [0.717, 1.165) is 44.9 Å². The van der Waals surface area contributed by atoms with Crippen LogP contribution in [0.5, 0.6) is 0 Å². The van der Waals surface area contributed by atoms with Crippen LogP contribution in [0.25, 0.3) is 0 Å². The molecular weight excluding hydrogens is 436 g/mol. The van der Waals surface area contributed by atoms with E-state index in [0.29, 0.717) is 24.4 Å². The first-order valence-electron chi connectivity index (χ1n) is 13.3. The summed E-state index contributed by atoms with van der Waals surface area (Å²) in [6.07, 6.45) is 6.98. The first kappa shape index (κ1) is 23.2. The molecule has 0 aromatic carbocycles. The number of fused-ring (bicyclic) bond motifs is 6. The monoisotopic (exact) mass is 476 g/mol. The minimum absolute atomic E-state index is 0.00462. The summed E-state index contributed by atoms with van der Waals surface area (Å²) in [5.41, 5.74) is -2.15. The first-order chi connectivity index (χ1) is 15.9. The predicted octanol–water partition coefficient (Wildman–Crippen LogP) is 3.54. The molecule has 0 aromatic heterocycles. The highest BCUT2D eigenvalue weighted by atomic mass is 16.6. The van der Waals surface area contributed by atoms with Crippen LogP contribution in [-0.2, 0) is 28.5 Å². The van der Waals surface area contributed by atoms with E-state index in [4.69, 9.17) is 18.9 Å². The molecule has 190 valence electrons. The van der Waals surface area contributed by atoms with Gasteiger partial charge in [0.25, 0.3) is 0 Å². The maximum atomic E-state index is 12.3. The van der Waals surface area contributed by atoms with Crippen LogP contribution in [0.15, 0.2) is 0 Å². The molecule has 0 aromatic rings. The van der Waals surface area contributed by atoms with Gasteiger partial charge < -0.3 is 24.1 Å². The molecule has 6 rings (SSSR count). The van der Waals surface area contributed by atoms with Gasteiger partial charge in [-0.05, 0) is 70.1 Å². The zero-order valence-electron chi connectivity index (χ0n) is 21.2. The van der Waals surface area contributed by atoms with E-state index in [1.807, 2.05) is 0 Å². The number of rotatable bonds is 5. The Balaban J connectivity index is 1.26. The topological polar surface area (TPSA) is 97.9 Å². The Bertz CT molecular complexity index is 917. The first-order valence-corrected chi connectivity index (χ1v) is 13.3. The van der Waals surface area contributed by atoms with E-state index < -0.39 is 11.2 Å². The highest BCUT2D eigenvalue weighted by Gasteiger charge is 2.84. The summed E-state index contributed by atoms with van der Waals surface area (Å²) in [5.74, 6) is 0.981. The zero-order valence-corrected chi connectivity index (χ0v) is 21.2. The highest BCUT2D eigenvalue weighted by molar-refractivity contribution is 5.71. The molecule has 0 bridgehead atoms. The quantitative estimate of drug-likeness (QED) is 0.479. The van der Waals surface area contributed by atoms with Crippen molar-refractivity contribution in [2.24, 2.45) is 28.6 Å². The number of aliphatic hydroxyl groups is 1. The van der Waals surface area contributed by atoms with Gasteiger partial charge in [-0.15, -0.1) is 0 Å². The van der Waals surface area contributed by atoms with Crippen LogP contribution in [0, 0.1) is 28.6 Å². The average molecular weight is 477 g/mol. The van der Waals surface area contributed by atoms with Crippen molar-refractivity contribution >= 4 is 11.9 Å². The van der Waals surface area contributed by atoms with Crippen LogP contribution in [0.2, 0.25) is 0 Å². The van der Waals surface area contributed by atoms with Crippen molar-refractivity contribution < 1.29 is 33.6 Å². The van der Waals surface area contributed by atoms with Gasteiger partial charge in [0.05, 0.1) is 25.2 Å². The van der Waals surface area contributed by atoms with Crippen LogP contribution < -0.4 is 0 Å².